The average molecular weight is 247 g/mol. The molecule has 15 heavy (non-hydrogen) atoms. The van der Waals surface area contributed by atoms with Crippen LogP contribution in [-0.2, 0) is 11.2 Å². The van der Waals surface area contributed by atoms with E-state index in [-0.39, 0.29) is 5.91 Å². The van der Waals surface area contributed by atoms with Gasteiger partial charge in [0.1, 0.15) is 0 Å². The molecule has 0 aromatic carbocycles. The first kappa shape index (κ1) is 12.5. The van der Waals surface area contributed by atoms with Gasteiger partial charge in [0.15, 0.2) is 0 Å². The first-order valence-electron chi connectivity index (χ1n) is 4.88. The van der Waals surface area contributed by atoms with Crippen molar-refractivity contribution in [2.24, 2.45) is 0 Å². The monoisotopic (exact) mass is 246 g/mol. The van der Waals surface area contributed by atoms with E-state index in [4.69, 9.17) is 11.6 Å². The zero-order valence-corrected chi connectivity index (χ0v) is 10.3. The van der Waals surface area contributed by atoms with Gasteiger partial charge in [0, 0.05) is 31.4 Å². The Morgan fingerprint density at radius 2 is 2.20 bits per heavy atom. The maximum Gasteiger partial charge on any atom is 0.216 e. The summed E-state index contributed by atoms with van der Waals surface area (Å²) in [5.74, 6) is 0.0156. The lowest BCUT2D eigenvalue weighted by atomic mass is 10.3. The van der Waals surface area contributed by atoms with Gasteiger partial charge in [0.2, 0.25) is 5.91 Å². The highest BCUT2D eigenvalue weighted by Gasteiger charge is 1.97. The molecule has 0 bridgehead atoms. The fraction of sp³-hybridized carbons (Fsp3) is 0.500. The summed E-state index contributed by atoms with van der Waals surface area (Å²) in [4.78, 5) is 11.8. The summed E-state index contributed by atoms with van der Waals surface area (Å²) in [5, 5.41) is 5.98. The second-order valence-electron chi connectivity index (χ2n) is 3.19. The lowest BCUT2D eigenvalue weighted by Gasteiger charge is -2.03. The van der Waals surface area contributed by atoms with Crippen LogP contribution in [0.3, 0.4) is 0 Å². The third kappa shape index (κ3) is 5.77. The molecule has 0 unspecified atom stereocenters. The van der Waals surface area contributed by atoms with Crippen LogP contribution in [0.25, 0.3) is 0 Å². The van der Waals surface area contributed by atoms with E-state index in [1.165, 1.54) is 11.8 Å². The summed E-state index contributed by atoms with van der Waals surface area (Å²) in [6, 6.07) is 3.96. The second kappa shape index (κ2) is 6.82. The van der Waals surface area contributed by atoms with Gasteiger partial charge in [-0.3, -0.25) is 4.79 Å². The first-order valence-corrected chi connectivity index (χ1v) is 6.07. The number of amides is 1. The number of nitrogens with one attached hydrogen (secondary N) is 2. The molecule has 0 aliphatic heterocycles. The molecule has 0 saturated carbocycles. The van der Waals surface area contributed by atoms with Gasteiger partial charge >= 0.3 is 0 Å². The van der Waals surface area contributed by atoms with Crippen LogP contribution in [0.2, 0.25) is 4.34 Å². The topological polar surface area (TPSA) is 41.1 Å². The van der Waals surface area contributed by atoms with E-state index in [0.29, 0.717) is 6.54 Å². The van der Waals surface area contributed by atoms with E-state index in [2.05, 4.69) is 10.6 Å². The van der Waals surface area contributed by atoms with Crippen molar-refractivity contribution in [2.75, 3.05) is 19.6 Å². The minimum atomic E-state index is 0.0156. The summed E-state index contributed by atoms with van der Waals surface area (Å²) < 4.78 is 0.836. The molecule has 1 aromatic heterocycles. The molecule has 1 amide bonds. The Hall–Kier alpha value is -0.580. The van der Waals surface area contributed by atoms with Crippen molar-refractivity contribution in [1.82, 2.24) is 10.6 Å². The van der Waals surface area contributed by atoms with Gasteiger partial charge in [-0.1, -0.05) is 11.6 Å². The number of carbonyl (C=O) groups excluding carboxylic acids is 1. The normalized spacial score (nSPS) is 10.3. The Balaban J connectivity index is 2.00. The van der Waals surface area contributed by atoms with Gasteiger partial charge in [0.25, 0.3) is 0 Å². The minimum absolute atomic E-state index is 0.0156. The van der Waals surface area contributed by atoms with Gasteiger partial charge in [-0.05, 0) is 18.6 Å². The van der Waals surface area contributed by atoms with Crippen LogP contribution < -0.4 is 10.6 Å². The largest absolute Gasteiger partial charge is 0.355 e. The third-order valence-corrected chi connectivity index (χ3v) is 3.14. The smallest absolute Gasteiger partial charge is 0.216 e. The Kier molecular flexibility index (Phi) is 5.68. The Morgan fingerprint density at radius 1 is 1.40 bits per heavy atom. The van der Waals surface area contributed by atoms with Crippen LogP contribution in [0.4, 0.5) is 0 Å². The molecule has 0 fully saturated rings. The number of hydrogen-bond donors (Lipinski definition) is 2. The highest BCUT2D eigenvalue weighted by atomic mass is 35.5. The molecule has 0 aliphatic rings. The molecule has 0 radical (unpaired) electrons. The van der Waals surface area contributed by atoms with Crippen LogP contribution in [-0.4, -0.2) is 25.5 Å². The molecular formula is C10H15ClN2OS. The summed E-state index contributed by atoms with van der Waals surface area (Å²) in [7, 11) is 0. The number of halogens is 1. The Morgan fingerprint density at radius 3 is 2.80 bits per heavy atom. The summed E-state index contributed by atoms with van der Waals surface area (Å²) in [5.41, 5.74) is 0. The maximum absolute atomic E-state index is 10.5. The van der Waals surface area contributed by atoms with E-state index in [0.717, 1.165) is 23.8 Å². The van der Waals surface area contributed by atoms with Crippen molar-refractivity contribution >= 4 is 28.8 Å². The third-order valence-electron chi connectivity index (χ3n) is 1.85. The van der Waals surface area contributed by atoms with Crippen LogP contribution in [0.5, 0.6) is 0 Å². The maximum atomic E-state index is 10.5. The van der Waals surface area contributed by atoms with Crippen molar-refractivity contribution < 1.29 is 4.79 Å². The quantitative estimate of drug-likeness (QED) is 0.750. The zero-order chi connectivity index (χ0) is 11.1. The van der Waals surface area contributed by atoms with Gasteiger partial charge < -0.3 is 10.6 Å². The van der Waals surface area contributed by atoms with Crippen molar-refractivity contribution in [3.8, 4) is 0 Å². The molecule has 1 rings (SSSR count). The number of carbonyl (C=O) groups is 1. The Labute approximate surface area is 98.8 Å². The van der Waals surface area contributed by atoms with Gasteiger partial charge in [0.05, 0.1) is 4.34 Å². The van der Waals surface area contributed by atoms with E-state index < -0.39 is 0 Å². The van der Waals surface area contributed by atoms with Crippen molar-refractivity contribution in [1.29, 1.82) is 0 Å². The molecule has 3 nitrogen and oxygen atoms in total. The Bertz CT molecular complexity index is 314. The van der Waals surface area contributed by atoms with E-state index in [1.54, 1.807) is 11.3 Å². The van der Waals surface area contributed by atoms with Crippen LogP contribution in [0.15, 0.2) is 12.1 Å². The van der Waals surface area contributed by atoms with Crippen LogP contribution in [0, 0.1) is 0 Å². The SMILES string of the molecule is CC(=O)NCCNCCc1ccc(Cl)s1. The number of thiophene rings is 1. The summed E-state index contributed by atoms with van der Waals surface area (Å²) in [6.45, 7) is 3.92. The van der Waals surface area contributed by atoms with E-state index in [9.17, 15) is 4.79 Å². The second-order valence-corrected chi connectivity index (χ2v) is 4.99. The molecular weight excluding hydrogens is 232 g/mol. The predicted octanol–water partition coefficient (Wildman–Crippen LogP) is 1.67. The average Bonchev–Trinajstić information content (AvgIpc) is 2.57. The summed E-state index contributed by atoms with van der Waals surface area (Å²) >= 11 is 7.42. The lowest BCUT2D eigenvalue weighted by Crippen LogP contribution is -2.31. The zero-order valence-electron chi connectivity index (χ0n) is 8.68. The fourth-order valence-corrected chi connectivity index (χ4v) is 2.24. The molecule has 1 aromatic rings. The molecule has 0 atom stereocenters. The number of hydrogen-bond acceptors (Lipinski definition) is 3. The summed E-state index contributed by atoms with van der Waals surface area (Å²) in [6.07, 6.45) is 0.984. The number of rotatable bonds is 6. The van der Waals surface area contributed by atoms with Crippen LogP contribution >= 0.6 is 22.9 Å². The molecule has 0 saturated heterocycles. The minimum Gasteiger partial charge on any atom is -0.355 e. The first-order chi connectivity index (χ1) is 7.18. The molecule has 84 valence electrons. The fourth-order valence-electron chi connectivity index (χ4n) is 1.15. The molecule has 5 heteroatoms. The van der Waals surface area contributed by atoms with E-state index >= 15 is 0 Å². The van der Waals surface area contributed by atoms with Gasteiger partial charge in [-0.15, -0.1) is 11.3 Å². The molecule has 0 spiro atoms. The van der Waals surface area contributed by atoms with E-state index in [1.807, 2.05) is 12.1 Å². The van der Waals surface area contributed by atoms with Crippen molar-refractivity contribution in [2.45, 2.75) is 13.3 Å². The molecule has 0 aliphatic carbocycles. The highest BCUT2D eigenvalue weighted by molar-refractivity contribution is 7.16. The van der Waals surface area contributed by atoms with Crippen molar-refractivity contribution in [3.63, 3.8) is 0 Å². The molecule has 1 heterocycles. The lowest BCUT2D eigenvalue weighted by molar-refractivity contribution is -0.118. The van der Waals surface area contributed by atoms with Gasteiger partial charge in [-0.2, -0.15) is 0 Å². The standard InChI is InChI=1S/C10H15ClN2OS/c1-8(14)13-7-6-12-5-4-9-2-3-10(11)15-9/h2-3,12H,4-7H2,1H3,(H,13,14). The predicted molar refractivity (Wildman–Crippen MR) is 64.6 cm³/mol. The molecule has 2 N–H and O–H groups in total. The highest BCUT2D eigenvalue weighted by Crippen LogP contribution is 2.21. The van der Waals surface area contributed by atoms with Crippen LogP contribution in [0.1, 0.15) is 11.8 Å². The van der Waals surface area contributed by atoms with Gasteiger partial charge in [-0.25, -0.2) is 0 Å². The van der Waals surface area contributed by atoms with Crippen molar-refractivity contribution in [3.05, 3.63) is 21.3 Å².